The SMILES string of the molecule is O=C(C[C@@H](O)CNC(=O)OCc1ccccc1)N[C@H](Cc1ccccc1F)C(=O)O. The van der Waals surface area contributed by atoms with E-state index in [2.05, 4.69) is 10.6 Å². The van der Waals surface area contributed by atoms with Crippen molar-refractivity contribution >= 4 is 18.0 Å². The summed E-state index contributed by atoms with van der Waals surface area (Å²) in [6, 6.07) is 13.3. The van der Waals surface area contributed by atoms with Gasteiger partial charge in [0.25, 0.3) is 0 Å². The summed E-state index contributed by atoms with van der Waals surface area (Å²) >= 11 is 0. The van der Waals surface area contributed by atoms with Gasteiger partial charge in [-0.3, -0.25) is 4.79 Å². The number of rotatable bonds is 10. The fraction of sp³-hybridized carbons (Fsp3) is 0.286. The van der Waals surface area contributed by atoms with Gasteiger partial charge in [-0.2, -0.15) is 0 Å². The second kappa shape index (κ2) is 11.5. The number of aliphatic hydroxyl groups excluding tert-OH is 1. The summed E-state index contributed by atoms with van der Waals surface area (Å²) in [6.45, 7) is -0.203. The smallest absolute Gasteiger partial charge is 0.407 e. The van der Waals surface area contributed by atoms with Crippen molar-refractivity contribution in [3.63, 3.8) is 0 Å². The zero-order valence-electron chi connectivity index (χ0n) is 16.1. The van der Waals surface area contributed by atoms with Crippen LogP contribution in [0, 0.1) is 5.82 Å². The summed E-state index contributed by atoms with van der Waals surface area (Å²) in [5.74, 6) is -2.65. The number of carbonyl (C=O) groups is 3. The molecule has 0 aliphatic carbocycles. The Kier molecular flexibility index (Phi) is 8.76. The molecule has 0 aromatic heterocycles. The molecule has 0 radical (unpaired) electrons. The Morgan fingerprint density at radius 2 is 1.70 bits per heavy atom. The largest absolute Gasteiger partial charge is 0.480 e. The maximum absolute atomic E-state index is 13.7. The summed E-state index contributed by atoms with van der Waals surface area (Å²) in [5, 5.41) is 23.7. The number of hydrogen-bond donors (Lipinski definition) is 4. The molecule has 4 N–H and O–H groups in total. The van der Waals surface area contributed by atoms with Gasteiger partial charge in [0.05, 0.1) is 12.5 Å². The number of aliphatic hydroxyl groups is 1. The first-order valence-electron chi connectivity index (χ1n) is 9.23. The fourth-order valence-corrected chi connectivity index (χ4v) is 2.60. The Bertz CT molecular complexity index is 862. The van der Waals surface area contributed by atoms with Crippen molar-refractivity contribution in [3.8, 4) is 0 Å². The normalized spacial score (nSPS) is 12.5. The maximum Gasteiger partial charge on any atom is 0.407 e. The van der Waals surface area contributed by atoms with Gasteiger partial charge in [0, 0.05) is 13.0 Å². The van der Waals surface area contributed by atoms with Crippen LogP contribution in [-0.4, -0.2) is 46.9 Å². The summed E-state index contributed by atoms with van der Waals surface area (Å²) in [5.41, 5.74) is 0.940. The summed E-state index contributed by atoms with van der Waals surface area (Å²) in [6.07, 6.45) is -2.70. The highest BCUT2D eigenvalue weighted by atomic mass is 19.1. The van der Waals surface area contributed by atoms with Crippen LogP contribution in [0.5, 0.6) is 0 Å². The van der Waals surface area contributed by atoms with Crippen molar-refractivity contribution in [1.82, 2.24) is 10.6 Å². The van der Waals surface area contributed by atoms with Crippen LogP contribution in [-0.2, 0) is 27.4 Å². The molecule has 0 fully saturated rings. The molecule has 30 heavy (non-hydrogen) atoms. The van der Waals surface area contributed by atoms with E-state index in [0.29, 0.717) is 0 Å². The predicted octanol–water partition coefficient (Wildman–Crippen LogP) is 1.61. The maximum atomic E-state index is 13.7. The van der Waals surface area contributed by atoms with Crippen LogP contribution in [0.2, 0.25) is 0 Å². The Morgan fingerprint density at radius 3 is 2.37 bits per heavy atom. The molecule has 0 saturated heterocycles. The first-order chi connectivity index (χ1) is 14.3. The van der Waals surface area contributed by atoms with Crippen LogP contribution in [0.15, 0.2) is 54.6 Å². The number of nitrogens with one attached hydrogen (secondary N) is 2. The van der Waals surface area contributed by atoms with Gasteiger partial charge in [-0.1, -0.05) is 48.5 Å². The molecule has 0 heterocycles. The van der Waals surface area contributed by atoms with Gasteiger partial charge in [-0.15, -0.1) is 0 Å². The van der Waals surface area contributed by atoms with Crippen molar-refractivity contribution in [2.24, 2.45) is 0 Å². The molecule has 0 spiro atoms. The van der Waals surface area contributed by atoms with E-state index in [1.807, 2.05) is 6.07 Å². The first kappa shape index (κ1) is 22.8. The van der Waals surface area contributed by atoms with E-state index in [1.165, 1.54) is 18.2 Å². The number of halogens is 1. The minimum absolute atomic E-state index is 0.0552. The Hall–Kier alpha value is -3.46. The molecule has 2 aromatic rings. The fourth-order valence-electron chi connectivity index (χ4n) is 2.60. The average Bonchev–Trinajstić information content (AvgIpc) is 2.72. The molecule has 2 rings (SSSR count). The minimum Gasteiger partial charge on any atom is -0.480 e. The summed E-state index contributed by atoms with van der Waals surface area (Å²) in [4.78, 5) is 35.0. The van der Waals surface area contributed by atoms with Gasteiger partial charge in [0.1, 0.15) is 18.5 Å². The van der Waals surface area contributed by atoms with Crippen molar-refractivity contribution in [3.05, 3.63) is 71.5 Å². The van der Waals surface area contributed by atoms with E-state index in [-0.39, 0.29) is 25.1 Å². The van der Waals surface area contributed by atoms with Gasteiger partial charge in [-0.25, -0.2) is 14.0 Å². The molecule has 160 valence electrons. The molecule has 2 atom stereocenters. The number of carboxylic acid groups (broad SMARTS) is 1. The van der Waals surface area contributed by atoms with Crippen LogP contribution in [0.25, 0.3) is 0 Å². The quantitative estimate of drug-likeness (QED) is 0.465. The van der Waals surface area contributed by atoms with Gasteiger partial charge in [-0.05, 0) is 17.2 Å². The van der Waals surface area contributed by atoms with Crippen molar-refractivity contribution < 1.29 is 33.7 Å². The Balaban J connectivity index is 1.74. The van der Waals surface area contributed by atoms with Crippen molar-refractivity contribution in [1.29, 1.82) is 0 Å². The molecule has 0 aliphatic rings. The van der Waals surface area contributed by atoms with Gasteiger partial charge < -0.3 is 25.6 Å². The summed E-state index contributed by atoms with van der Waals surface area (Å²) < 4.78 is 18.7. The molecule has 2 amide bonds. The third-order valence-corrected chi connectivity index (χ3v) is 4.13. The van der Waals surface area contributed by atoms with Gasteiger partial charge in [0.2, 0.25) is 5.91 Å². The molecule has 0 saturated carbocycles. The van der Waals surface area contributed by atoms with Crippen LogP contribution < -0.4 is 10.6 Å². The lowest BCUT2D eigenvalue weighted by atomic mass is 10.0. The number of amides is 2. The molecule has 8 nitrogen and oxygen atoms in total. The van der Waals surface area contributed by atoms with E-state index in [4.69, 9.17) is 4.74 Å². The topological polar surface area (TPSA) is 125 Å². The molecular formula is C21H23FN2O6. The molecule has 0 unspecified atom stereocenters. The number of aliphatic carboxylic acids is 1. The van der Waals surface area contributed by atoms with Crippen LogP contribution in [0.1, 0.15) is 17.5 Å². The van der Waals surface area contributed by atoms with E-state index in [9.17, 15) is 29.0 Å². The van der Waals surface area contributed by atoms with Gasteiger partial charge >= 0.3 is 12.1 Å². The lowest BCUT2D eigenvalue weighted by molar-refractivity contribution is -0.142. The van der Waals surface area contributed by atoms with E-state index >= 15 is 0 Å². The second-order valence-electron chi connectivity index (χ2n) is 6.55. The van der Waals surface area contributed by atoms with E-state index in [1.54, 1.807) is 30.3 Å². The van der Waals surface area contributed by atoms with Crippen molar-refractivity contribution in [2.75, 3.05) is 6.54 Å². The lowest BCUT2D eigenvalue weighted by Crippen LogP contribution is -2.44. The zero-order valence-corrected chi connectivity index (χ0v) is 16.1. The molecular weight excluding hydrogens is 395 g/mol. The number of ether oxygens (including phenoxy) is 1. The highest BCUT2D eigenvalue weighted by molar-refractivity contribution is 5.84. The molecule has 0 bridgehead atoms. The second-order valence-corrected chi connectivity index (χ2v) is 6.55. The van der Waals surface area contributed by atoms with E-state index < -0.39 is 42.4 Å². The monoisotopic (exact) mass is 418 g/mol. The molecule has 0 aliphatic heterocycles. The first-order valence-corrected chi connectivity index (χ1v) is 9.23. The molecule has 9 heteroatoms. The highest BCUT2D eigenvalue weighted by Gasteiger charge is 2.23. The zero-order chi connectivity index (χ0) is 21.9. The third-order valence-electron chi connectivity index (χ3n) is 4.13. The van der Waals surface area contributed by atoms with Crippen molar-refractivity contribution in [2.45, 2.75) is 31.6 Å². The predicted molar refractivity (Wildman–Crippen MR) is 105 cm³/mol. The Labute approximate surface area is 172 Å². The van der Waals surface area contributed by atoms with Crippen LogP contribution in [0.4, 0.5) is 9.18 Å². The third kappa shape index (κ3) is 7.88. The number of carbonyl (C=O) groups excluding carboxylic acids is 2. The number of alkyl carbamates (subject to hydrolysis) is 1. The van der Waals surface area contributed by atoms with Gasteiger partial charge in [0.15, 0.2) is 0 Å². The minimum atomic E-state index is -1.36. The molecule has 2 aromatic carbocycles. The number of hydrogen-bond acceptors (Lipinski definition) is 5. The van der Waals surface area contributed by atoms with Crippen LogP contribution >= 0.6 is 0 Å². The highest BCUT2D eigenvalue weighted by Crippen LogP contribution is 2.10. The average molecular weight is 418 g/mol. The Morgan fingerprint density at radius 1 is 1.03 bits per heavy atom. The standard InChI is InChI=1S/C21H23FN2O6/c22-17-9-5-4-8-15(17)10-18(20(27)28)24-19(26)11-16(25)12-23-21(29)30-13-14-6-2-1-3-7-14/h1-9,16,18,25H,10-13H2,(H,23,29)(H,24,26)(H,27,28)/t16-,18-/m1/s1. The number of carboxylic acids is 1. The van der Waals surface area contributed by atoms with Crippen LogP contribution in [0.3, 0.4) is 0 Å². The lowest BCUT2D eigenvalue weighted by Gasteiger charge is -2.17. The number of benzene rings is 2. The summed E-state index contributed by atoms with van der Waals surface area (Å²) in [7, 11) is 0. The van der Waals surface area contributed by atoms with E-state index in [0.717, 1.165) is 5.56 Å².